The predicted octanol–water partition coefficient (Wildman–Crippen LogP) is -0.325. The lowest BCUT2D eigenvalue weighted by Gasteiger charge is -1.69. The van der Waals surface area contributed by atoms with Crippen LogP contribution in [-0.2, 0) is 0 Å². The molecule has 0 atom stereocenters. The molecule has 1 aliphatic carbocycles. The maximum absolute atomic E-state index is 7.17. The first kappa shape index (κ1) is 8.68. The van der Waals surface area contributed by atoms with Crippen molar-refractivity contribution in [2.24, 2.45) is 0 Å². The second-order valence-electron chi connectivity index (χ2n) is 1.75. The minimum Gasteiger partial charge on any atom is -0.402 e. The molecule has 0 unspecified atom stereocenters. The Bertz CT molecular complexity index is 73.5. The zero-order chi connectivity index (χ0) is 7.11. The van der Waals surface area contributed by atoms with Gasteiger partial charge in [-0.25, -0.2) is 0 Å². The number of rotatable bonds is 0. The summed E-state index contributed by atoms with van der Waals surface area (Å²) in [6.07, 6.45) is 8.50. The molecule has 0 aromatic rings. The zero-order valence-electron chi connectivity index (χ0n) is 5.20. The van der Waals surface area contributed by atoms with Gasteiger partial charge in [-0.05, 0) is 19.3 Å². The van der Waals surface area contributed by atoms with Crippen molar-refractivity contribution in [3.63, 3.8) is 0 Å². The first-order chi connectivity index (χ1) is 4.23. The van der Waals surface area contributed by atoms with Crippen molar-refractivity contribution >= 4 is 7.32 Å². The minimum atomic E-state index is -2.17. The second kappa shape index (κ2) is 5.82. The highest BCUT2D eigenvalue weighted by atomic mass is 16.5. The molecule has 0 aliphatic heterocycles. The van der Waals surface area contributed by atoms with E-state index in [0.29, 0.717) is 0 Å². The Kier molecular flexibility index (Phi) is 5.61. The van der Waals surface area contributed by atoms with Crippen LogP contribution < -0.4 is 0 Å². The van der Waals surface area contributed by atoms with Gasteiger partial charge in [0.1, 0.15) is 0 Å². The quantitative estimate of drug-likeness (QED) is 0.311. The fraction of sp³-hybridized carbons (Fsp3) is 0.600. The average molecular weight is 130 g/mol. The monoisotopic (exact) mass is 130 g/mol. The molecule has 0 spiro atoms. The van der Waals surface area contributed by atoms with E-state index in [1.54, 1.807) is 0 Å². The second-order valence-corrected chi connectivity index (χ2v) is 1.75. The molecule has 1 aliphatic rings. The van der Waals surface area contributed by atoms with E-state index in [4.69, 9.17) is 15.1 Å². The van der Waals surface area contributed by atoms with Gasteiger partial charge in [-0.2, -0.15) is 0 Å². The van der Waals surface area contributed by atoms with Gasteiger partial charge in [0.05, 0.1) is 0 Å². The molecule has 0 bridgehead atoms. The summed E-state index contributed by atoms with van der Waals surface area (Å²) in [6, 6.07) is 0. The summed E-state index contributed by atoms with van der Waals surface area (Å²) in [6.45, 7) is 0. The molecule has 52 valence electrons. The van der Waals surface area contributed by atoms with Gasteiger partial charge in [0.15, 0.2) is 0 Å². The molecule has 0 saturated heterocycles. The van der Waals surface area contributed by atoms with E-state index in [1.807, 2.05) is 0 Å². The lowest BCUT2D eigenvalue weighted by Crippen LogP contribution is -2.07. The topological polar surface area (TPSA) is 60.7 Å². The van der Waals surface area contributed by atoms with Gasteiger partial charge >= 0.3 is 7.32 Å². The van der Waals surface area contributed by atoms with Crippen molar-refractivity contribution in [3.8, 4) is 0 Å². The van der Waals surface area contributed by atoms with Crippen LogP contribution in [0.4, 0.5) is 0 Å². The normalized spacial score (nSPS) is 14.6. The van der Waals surface area contributed by atoms with Crippen LogP contribution in [0.1, 0.15) is 19.3 Å². The van der Waals surface area contributed by atoms with Gasteiger partial charge in [0.25, 0.3) is 0 Å². The van der Waals surface area contributed by atoms with E-state index in [2.05, 4.69) is 12.2 Å². The van der Waals surface area contributed by atoms with Crippen LogP contribution in [0.2, 0.25) is 0 Å². The molecular weight excluding hydrogens is 119 g/mol. The highest BCUT2D eigenvalue weighted by Crippen LogP contribution is 2.05. The largest absolute Gasteiger partial charge is 0.631 e. The Balaban J connectivity index is 0.000000148. The van der Waals surface area contributed by atoms with E-state index >= 15 is 0 Å². The number of allylic oxidation sites excluding steroid dienone is 2. The Morgan fingerprint density at radius 1 is 1.00 bits per heavy atom. The van der Waals surface area contributed by atoms with Gasteiger partial charge in [-0.1, -0.05) is 12.2 Å². The summed E-state index contributed by atoms with van der Waals surface area (Å²) in [7, 11) is -2.17. The van der Waals surface area contributed by atoms with Crippen molar-refractivity contribution in [2.45, 2.75) is 19.3 Å². The van der Waals surface area contributed by atoms with Crippen LogP contribution in [0.25, 0.3) is 0 Å². The first-order valence-electron chi connectivity index (χ1n) is 2.92. The van der Waals surface area contributed by atoms with E-state index in [-0.39, 0.29) is 0 Å². The Morgan fingerprint density at radius 3 is 1.44 bits per heavy atom. The van der Waals surface area contributed by atoms with Crippen molar-refractivity contribution in [3.05, 3.63) is 12.2 Å². The smallest absolute Gasteiger partial charge is 0.402 e. The molecule has 4 heteroatoms. The molecule has 1 rings (SSSR count). The van der Waals surface area contributed by atoms with Gasteiger partial charge in [0, 0.05) is 0 Å². The summed E-state index contributed by atoms with van der Waals surface area (Å²) < 4.78 is 0. The fourth-order valence-corrected chi connectivity index (χ4v) is 0.589. The van der Waals surface area contributed by atoms with Crippen LogP contribution in [0.3, 0.4) is 0 Å². The molecule has 0 radical (unpaired) electrons. The molecule has 0 aromatic carbocycles. The molecule has 0 amide bonds. The molecule has 3 nitrogen and oxygen atoms in total. The number of hydrogen-bond donors (Lipinski definition) is 3. The van der Waals surface area contributed by atoms with Gasteiger partial charge in [-0.3, -0.25) is 0 Å². The summed E-state index contributed by atoms with van der Waals surface area (Å²) in [4.78, 5) is 0. The molecule has 3 N–H and O–H groups in total. The van der Waals surface area contributed by atoms with Crippen LogP contribution in [-0.4, -0.2) is 22.4 Å². The molecule has 0 saturated carbocycles. The number of hydrogen-bond acceptors (Lipinski definition) is 3. The van der Waals surface area contributed by atoms with E-state index in [9.17, 15) is 0 Å². The van der Waals surface area contributed by atoms with Gasteiger partial charge < -0.3 is 15.1 Å². The predicted molar refractivity (Wildman–Crippen MR) is 35.4 cm³/mol. The summed E-state index contributed by atoms with van der Waals surface area (Å²) in [5.41, 5.74) is 0. The lowest BCUT2D eigenvalue weighted by atomic mass is 10.3. The Morgan fingerprint density at radius 2 is 1.33 bits per heavy atom. The van der Waals surface area contributed by atoms with Crippen molar-refractivity contribution in [1.82, 2.24) is 0 Å². The summed E-state index contributed by atoms with van der Waals surface area (Å²) in [5.74, 6) is 0. The highest BCUT2D eigenvalue weighted by molar-refractivity contribution is 6.30. The summed E-state index contributed by atoms with van der Waals surface area (Å²) in [5, 5.41) is 21.5. The zero-order valence-corrected chi connectivity index (χ0v) is 5.20. The third kappa shape index (κ3) is 11.3. The van der Waals surface area contributed by atoms with Crippen molar-refractivity contribution in [2.75, 3.05) is 0 Å². The van der Waals surface area contributed by atoms with E-state index < -0.39 is 7.32 Å². The maximum Gasteiger partial charge on any atom is 0.631 e. The SMILES string of the molecule is C1=CCCC1.OB(O)O. The van der Waals surface area contributed by atoms with Gasteiger partial charge in [0.2, 0.25) is 0 Å². The van der Waals surface area contributed by atoms with Crippen molar-refractivity contribution < 1.29 is 15.1 Å². The third-order valence-corrected chi connectivity index (χ3v) is 0.908. The first-order valence-corrected chi connectivity index (χ1v) is 2.92. The van der Waals surface area contributed by atoms with Crippen LogP contribution in [0.15, 0.2) is 12.2 Å². The standard InChI is InChI=1S/C5H8.BH3O3/c1-2-4-5-3-1;2-1(3)4/h1-2H,3-5H2;2-4H. The molecule has 0 aromatic heterocycles. The molecule has 9 heavy (non-hydrogen) atoms. The maximum atomic E-state index is 7.17. The van der Waals surface area contributed by atoms with Crippen molar-refractivity contribution in [1.29, 1.82) is 0 Å². The molecular formula is C5H11BO3. The van der Waals surface area contributed by atoms with Crippen LogP contribution >= 0.6 is 0 Å². The van der Waals surface area contributed by atoms with Crippen LogP contribution in [0, 0.1) is 0 Å². The van der Waals surface area contributed by atoms with E-state index in [0.717, 1.165) is 0 Å². The molecule has 0 heterocycles. The minimum absolute atomic E-state index is 1.32. The lowest BCUT2D eigenvalue weighted by molar-refractivity contribution is 0.278. The highest BCUT2D eigenvalue weighted by Gasteiger charge is 1.92. The van der Waals surface area contributed by atoms with Gasteiger partial charge in [-0.15, -0.1) is 0 Å². The van der Waals surface area contributed by atoms with Crippen LogP contribution in [0.5, 0.6) is 0 Å². The fourth-order valence-electron chi connectivity index (χ4n) is 0.589. The Labute approximate surface area is 54.8 Å². The summed E-state index contributed by atoms with van der Waals surface area (Å²) >= 11 is 0. The third-order valence-electron chi connectivity index (χ3n) is 0.908. The van der Waals surface area contributed by atoms with E-state index in [1.165, 1.54) is 19.3 Å². The Hall–Kier alpha value is -0.315. The average Bonchev–Trinajstić information content (AvgIpc) is 2.11. The molecule has 0 fully saturated rings.